The summed E-state index contributed by atoms with van der Waals surface area (Å²) in [5.74, 6) is 1.17. The zero-order valence-electron chi connectivity index (χ0n) is 10.5. The van der Waals surface area contributed by atoms with Crippen LogP contribution in [-0.2, 0) is 4.74 Å². The number of anilines is 1. The van der Waals surface area contributed by atoms with Crippen LogP contribution >= 0.6 is 11.6 Å². The van der Waals surface area contributed by atoms with Gasteiger partial charge in [-0.25, -0.2) is 0 Å². The van der Waals surface area contributed by atoms with Gasteiger partial charge in [0.15, 0.2) is 11.0 Å². The van der Waals surface area contributed by atoms with E-state index in [0.29, 0.717) is 17.7 Å². The van der Waals surface area contributed by atoms with Gasteiger partial charge >= 0.3 is 0 Å². The third-order valence-corrected chi connectivity index (χ3v) is 2.99. The van der Waals surface area contributed by atoms with E-state index in [0.717, 1.165) is 23.1 Å². The highest BCUT2D eigenvalue weighted by molar-refractivity contribution is 6.34. The molecule has 0 aliphatic heterocycles. The molecule has 0 radical (unpaired) electrons. The molecule has 0 saturated heterocycles. The molecule has 0 aliphatic rings. The molecule has 5 heteroatoms. The lowest BCUT2D eigenvalue weighted by molar-refractivity contribution is 0.164. The predicted molar refractivity (Wildman–Crippen MR) is 74.1 cm³/mol. The molecule has 1 aromatic heterocycles. The van der Waals surface area contributed by atoms with E-state index < -0.39 is 0 Å². The predicted octanol–water partition coefficient (Wildman–Crippen LogP) is 2.98. The first-order chi connectivity index (χ1) is 8.72. The monoisotopic (exact) mass is 265 g/mol. The van der Waals surface area contributed by atoms with Crippen molar-refractivity contribution in [3.05, 3.63) is 29.4 Å². The van der Waals surface area contributed by atoms with Gasteiger partial charge in [-0.05, 0) is 5.92 Å². The number of halogens is 1. The van der Waals surface area contributed by atoms with E-state index >= 15 is 0 Å². The summed E-state index contributed by atoms with van der Waals surface area (Å²) in [5, 5.41) is 13.7. The molecule has 1 heterocycles. The van der Waals surface area contributed by atoms with E-state index in [9.17, 15) is 0 Å². The normalized spacial score (nSPS) is 12.6. The number of ether oxygens (including phenoxy) is 1. The summed E-state index contributed by atoms with van der Waals surface area (Å²) in [7, 11) is 1.70. The summed E-state index contributed by atoms with van der Waals surface area (Å²) in [6.45, 7) is 3.61. The number of aromatic nitrogens is 2. The molecule has 2 rings (SSSR count). The van der Waals surface area contributed by atoms with Crippen LogP contribution in [0.5, 0.6) is 0 Å². The number of fused-ring (bicyclic) bond motifs is 1. The minimum absolute atomic E-state index is 0.409. The van der Waals surface area contributed by atoms with E-state index in [1.54, 1.807) is 7.11 Å². The molecule has 0 aliphatic carbocycles. The second-order valence-electron chi connectivity index (χ2n) is 4.33. The molecule has 0 bridgehead atoms. The maximum atomic E-state index is 6.02. The Balaban J connectivity index is 2.21. The van der Waals surface area contributed by atoms with E-state index in [-0.39, 0.29) is 0 Å². The van der Waals surface area contributed by atoms with Gasteiger partial charge in [0.25, 0.3) is 0 Å². The van der Waals surface area contributed by atoms with E-state index in [2.05, 4.69) is 22.4 Å². The molecule has 1 atom stereocenters. The van der Waals surface area contributed by atoms with Crippen molar-refractivity contribution < 1.29 is 4.74 Å². The fourth-order valence-corrected chi connectivity index (χ4v) is 2.02. The molecule has 18 heavy (non-hydrogen) atoms. The molecule has 1 N–H and O–H groups in total. The molecule has 0 amide bonds. The number of benzene rings is 1. The Morgan fingerprint density at radius 1 is 1.28 bits per heavy atom. The highest BCUT2D eigenvalue weighted by atomic mass is 35.5. The number of rotatable bonds is 5. The van der Waals surface area contributed by atoms with Gasteiger partial charge < -0.3 is 10.1 Å². The van der Waals surface area contributed by atoms with Gasteiger partial charge in [0, 0.05) is 24.4 Å². The number of nitrogens with zero attached hydrogens (tertiary/aromatic N) is 2. The van der Waals surface area contributed by atoms with Crippen LogP contribution in [0.15, 0.2) is 24.3 Å². The van der Waals surface area contributed by atoms with Crippen molar-refractivity contribution in [2.45, 2.75) is 6.92 Å². The van der Waals surface area contributed by atoms with E-state index in [1.807, 2.05) is 24.3 Å². The molecule has 2 aromatic rings. The fraction of sp³-hybridized carbons (Fsp3) is 0.385. The average molecular weight is 266 g/mol. The second-order valence-corrected chi connectivity index (χ2v) is 4.68. The van der Waals surface area contributed by atoms with Crippen molar-refractivity contribution in [1.29, 1.82) is 0 Å². The fourth-order valence-electron chi connectivity index (χ4n) is 1.82. The van der Waals surface area contributed by atoms with Crippen LogP contribution in [0.1, 0.15) is 6.92 Å². The quantitative estimate of drug-likeness (QED) is 0.903. The first kappa shape index (κ1) is 13.1. The summed E-state index contributed by atoms with van der Waals surface area (Å²) in [5.41, 5.74) is 0. The van der Waals surface area contributed by atoms with Crippen LogP contribution in [-0.4, -0.2) is 30.5 Å². The lowest BCUT2D eigenvalue weighted by atomic mass is 10.1. The van der Waals surface area contributed by atoms with Crippen molar-refractivity contribution in [2.75, 3.05) is 25.6 Å². The zero-order valence-corrected chi connectivity index (χ0v) is 11.2. The van der Waals surface area contributed by atoms with Crippen LogP contribution in [0.3, 0.4) is 0 Å². The molecule has 1 aromatic carbocycles. The molecule has 0 spiro atoms. The van der Waals surface area contributed by atoms with Gasteiger partial charge in [-0.3, -0.25) is 0 Å². The van der Waals surface area contributed by atoms with Gasteiger partial charge in [-0.1, -0.05) is 42.8 Å². The zero-order chi connectivity index (χ0) is 13.0. The first-order valence-electron chi connectivity index (χ1n) is 5.86. The van der Waals surface area contributed by atoms with Gasteiger partial charge in [0.05, 0.1) is 6.61 Å². The van der Waals surface area contributed by atoms with Crippen LogP contribution in [0, 0.1) is 5.92 Å². The summed E-state index contributed by atoms with van der Waals surface area (Å²) >= 11 is 6.02. The molecule has 0 saturated carbocycles. The lowest BCUT2D eigenvalue weighted by Crippen LogP contribution is -2.16. The van der Waals surface area contributed by atoms with Crippen LogP contribution in [0.2, 0.25) is 5.15 Å². The standard InChI is InChI=1S/C13H16ClN3O/c1-9(8-18-2)7-15-13-11-6-4-3-5-10(11)12(14)16-17-13/h3-6,9H,7-8H2,1-2H3,(H,15,17). The molecule has 0 fully saturated rings. The van der Waals surface area contributed by atoms with Gasteiger partial charge in [-0.2, -0.15) is 0 Å². The maximum Gasteiger partial charge on any atom is 0.159 e. The molecule has 4 nitrogen and oxygen atoms in total. The SMILES string of the molecule is COCC(C)CNc1nnc(Cl)c2ccccc12. The second kappa shape index (κ2) is 5.98. The highest BCUT2D eigenvalue weighted by Crippen LogP contribution is 2.25. The number of hydrogen-bond donors (Lipinski definition) is 1. The van der Waals surface area contributed by atoms with Gasteiger partial charge in [0.1, 0.15) is 0 Å². The largest absolute Gasteiger partial charge is 0.384 e. The minimum Gasteiger partial charge on any atom is -0.384 e. The third-order valence-electron chi connectivity index (χ3n) is 2.71. The lowest BCUT2D eigenvalue weighted by Gasteiger charge is -2.13. The van der Waals surface area contributed by atoms with Crippen molar-refractivity contribution in [3.8, 4) is 0 Å². The highest BCUT2D eigenvalue weighted by Gasteiger charge is 2.08. The van der Waals surface area contributed by atoms with Gasteiger partial charge in [-0.15, -0.1) is 10.2 Å². The summed E-state index contributed by atoms with van der Waals surface area (Å²) in [6.07, 6.45) is 0. The molecule has 96 valence electrons. The Kier molecular flexibility index (Phi) is 4.33. The Hall–Kier alpha value is -1.39. The molecular weight excluding hydrogens is 250 g/mol. The Morgan fingerprint density at radius 2 is 2.00 bits per heavy atom. The van der Waals surface area contributed by atoms with Crippen molar-refractivity contribution in [2.24, 2.45) is 5.92 Å². The maximum absolute atomic E-state index is 6.02. The van der Waals surface area contributed by atoms with Crippen LogP contribution in [0.4, 0.5) is 5.82 Å². The first-order valence-corrected chi connectivity index (χ1v) is 6.24. The Bertz CT molecular complexity index is 533. The average Bonchev–Trinajstić information content (AvgIpc) is 2.39. The number of nitrogens with one attached hydrogen (secondary N) is 1. The number of hydrogen-bond acceptors (Lipinski definition) is 4. The van der Waals surface area contributed by atoms with Crippen LogP contribution < -0.4 is 5.32 Å². The topological polar surface area (TPSA) is 47.0 Å². The molecule has 1 unspecified atom stereocenters. The summed E-state index contributed by atoms with van der Waals surface area (Å²) in [4.78, 5) is 0. The van der Waals surface area contributed by atoms with E-state index in [4.69, 9.17) is 16.3 Å². The van der Waals surface area contributed by atoms with Gasteiger partial charge in [0.2, 0.25) is 0 Å². The van der Waals surface area contributed by atoms with Crippen LogP contribution in [0.25, 0.3) is 10.8 Å². The van der Waals surface area contributed by atoms with Crippen molar-refractivity contribution in [3.63, 3.8) is 0 Å². The molecular formula is C13H16ClN3O. The van der Waals surface area contributed by atoms with Crippen molar-refractivity contribution >= 4 is 28.2 Å². The smallest absolute Gasteiger partial charge is 0.159 e. The Morgan fingerprint density at radius 3 is 2.72 bits per heavy atom. The summed E-state index contributed by atoms with van der Waals surface area (Å²) in [6, 6.07) is 7.83. The number of methoxy groups -OCH3 is 1. The van der Waals surface area contributed by atoms with E-state index in [1.165, 1.54) is 0 Å². The summed E-state index contributed by atoms with van der Waals surface area (Å²) < 4.78 is 5.10. The third kappa shape index (κ3) is 2.89. The van der Waals surface area contributed by atoms with Crippen molar-refractivity contribution in [1.82, 2.24) is 10.2 Å². The Labute approximate surface area is 111 Å². The minimum atomic E-state index is 0.409.